The van der Waals surface area contributed by atoms with Crippen LogP contribution in [0.25, 0.3) is 5.70 Å². The first-order chi connectivity index (χ1) is 16.2. The second-order valence-electron chi connectivity index (χ2n) is 7.68. The Hall–Kier alpha value is -4.06. The van der Waals surface area contributed by atoms with Gasteiger partial charge >= 0.3 is 12.0 Å². The predicted octanol–water partition coefficient (Wildman–Crippen LogP) is 4.64. The minimum absolute atomic E-state index is 0.347. The van der Waals surface area contributed by atoms with Gasteiger partial charge in [-0.15, -0.1) is 0 Å². The summed E-state index contributed by atoms with van der Waals surface area (Å²) in [5.41, 5.74) is 3.57. The van der Waals surface area contributed by atoms with Crippen LogP contribution in [0.4, 0.5) is 4.79 Å². The average Bonchev–Trinajstić information content (AvgIpc) is 2.87. The topological polar surface area (TPSA) is 76.7 Å². The number of carbonyl (C=O) groups is 2. The Kier molecular flexibility index (Phi) is 7.05. The molecule has 3 aromatic carbocycles. The largest absolute Gasteiger partial charge is 0.494 e. The molecule has 4 rings (SSSR count). The number of esters is 1. The lowest BCUT2D eigenvalue weighted by atomic mass is 9.92. The van der Waals surface area contributed by atoms with Crippen molar-refractivity contribution in [1.82, 2.24) is 10.6 Å². The normalized spacial score (nSPS) is 15.4. The lowest BCUT2D eigenvalue weighted by molar-refractivity contribution is -0.136. The van der Waals surface area contributed by atoms with Gasteiger partial charge in [-0.25, -0.2) is 9.59 Å². The van der Waals surface area contributed by atoms with Crippen molar-refractivity contribution in [2.24, 2.45) is 0 Å². The highest BCUT2D eigenvalue weighted by molar-refractivity contribution is 6.04. The number of hydrogen-bond donors (Lipinski definition) is 2. The quantitative estimate of drug-likeness (QED) is 0.394. The van der Waals surface area contributed by atoms with E-state index in [1.54, 1.807) is 0 Å². The summed E-state index contributed by atoms with van der Waals surface area (Å²) < 4.78 is 10.9. The second-order valence-corrected chi connectivity index (χ2v) is 7.68. The summed E-state index contributed by atoms with van der Waals surface area (Å²) in [6, 6.07) is 25.9. The Labute approximate surface area is 193 Å². The zero-order valence-electron chi connectivity index (χ0n) is 18.4. The van der Waals surface area contributed by atoms with E-state index >= 15 is 0 Å². The number of ether oxygens (including phenoxy) is 2. The molecule has 0 saturated carbocycles. The van der Waals surface area contributed by atoms with E-state index in [0.717, 1.165) is 29.7 Å². The van der Waals surface area contributed by atoms with Crippen LogP contribution in [0.15, 0.2) is 90.5 Å². The molecule has 1 heterocycles. The van der Waals surface area contributed by atoms with E-state index in [1.807, 2.05) is 72.8 Å². The molecule has 1 aliphatic heterocycles. The van der Waals surface area contributed by atoms with Crippen molar-refractivity contribution in [3.05, 3.63) is 107 Å². The van der Waals surface area contributed by atoms with Crippen LogP contribution in [0.5, 0.6) is 5.75 Å². The first kappa shape index (κ1) is 22.1. The number of benzene rings is 3. The van der Waals surface area contributed by atoms with Crippen molar-refractivity contribution >= 4 is 17.7 Å². The molecule has 0 saturated heterocycles. The molecule has 6 nitrogen and oxygen atoms in total. The first-order valence-corrected chi connectivity index (χ1v) is 10.9. The third-order valence-corrected chi connectivity index (χ3v) is 5.47. The maximum atomic E-state index is 12.7. The maximum Gasteiger partial charge on any atom is 0.338 e. The molecule has 0 radical (unpaired) electrons. The van der Waals surface area contributed by atoms with Crippen LogP contribution >= 0.6 is 0 Å². The summed E-state index contributed by atoms with van der Waals surface area (Å²) in [7, 11) is 1.33. The summed E-state index contributed by atoms with van der Waals surface area (Å²) in [5, 5.41) is 5.60. The lowest BCUT2D eigenvalue weighted by Crippen LogP contribution is -2.45. The Balaban J connectivity index is 1.50. The number of nitrogens with one attached hydrogen (secondary N) is 2. The van der Waals surface area contributed by atoms with Crippen LogP contribution in [-0.2, 0) is 16.0 Å². The Bertz CT molecular complexity index is 1130. The van der Waals surface area contributed by atoms with Gasteiger partial charge in [0, 0.05) is 0 Å². The molecule has 1 unspecified atom stereocenters. The predicted molar refractivity (Wildman–Crippen MR) is 126 cm³/mol. The minimum Gasteiger partial charge on any atom is -0.494 e. The molecule has 1 aliphatic rings. The molecule has 0 aliphatic carbocycles. The molecule has 1 atom stereocenters. The third kappa shape index (κ3) is 5.41. The first-order valence-electron chi connectivity index (χ1n) is 10.9. The molecular formula is C27H26N2O4. The SMILES string of the molecule is COC(=O)C1=C(c2ccccc2)NC(=O)NC1c1ccc(OCCCc2ccccc2)cc1. The van der Waals surface area contributed by atoms with E-state index < -0.39 is 12.0 Å². The molecule has 33 heavy (non-hydrogen) atoms. The van der Waals surface area contributed by atoms with Crippen LogP contribution < -0.4 is 15.4 Å². The molecule has 0 bridgehead atoms. The fourth-order valence-corrected chi connectivity index (χ4v) is 3.84. The standard InChI is InChI=1S/C27H26N2O4/c1-32-26(30)23-24(20-12-6-3-7-13-20)28-27(31)29-25(23)21-14-16-22(17-15-21)33-18-8-11-19-9-4-2-5-10-19/h2-7,9-10,12-17,25H,8,11,18H2,1H3,(H2,28,29,31). The molecule has 0 fully saturated rings. The average molecular weight is 443 g/mol. The Morgan fingerprint density at radius 2 is 1.58 bits per heavy atom. The number of carbonyl (C=O) groups excluding carboxylic acids is 2. The molecule has 168 valence electrons. The zero-order valence-corrected chi connectivity index (χ0v) is 18.4. The second kappa shape index (κ2) is 10.5. The van der Waals surface area contributed by atoms with Gasteiger partial charge < -0.3 is 20.1 Å². The van der Waals surface area contributed by atoms with Crippen molar-refractivity contribution in [2.45, 2.75) is 18.9 Å². The monoisotopic (exact) mass is 442 g/mol. The van der Waals surface area contributed by atoms with Crippen LogP contribution in [0.1, 0.15) is 29.2 Å². The van der Waals surface area contributed by atoms with Gasteiger partial charge in [0.15, 0.2) is 0 Å². The number of urea groups is 1. The van der Waals surface area contributed by atoms with Gasteiger partial charge in [-0.3, -0.25) is 0 Å². The number of amides is 2. The third-order valence-electron chi connectivity index (χ3n) is 5.47. The highest BCUT2D eigenvalue weighted by atomic mass is 16.5. The van der Waals surface area contributed by atoms with Crippen molar-refractivity contribution in [3.8, 4) is 5.75 Å². The summed E-state index contributed by atoms with van der Waals surface area (Å²) in [6.45, 7) is 0.601. The van der Waals surface area contributed by atoms with Crippen LogP contribution in [0.3, 0.4) is 0 Å². The van der Waals surface area contributed by atoms with E-state index in [0.29, 0.717) is 17.9 Å². The van der Waals surface area contributed by atoms with E-state index in [1.165, 1.54) is 12.7 Å². The van der Waals surface area contributed by atoms with Gasteiger partial charge in [0.2, 0.25) is 0 Å². The van der Waals surface area contributed by atoms with E-state index in [2.05, 4.69) is 22.8 Å². The molecule has 0 spiro atoms. The molecule has 6 heteroatoms. The van der Waals surface area contributed by atoms with Gasteiger partial charge in [-0.2, -0.15) is 0 Å². The fourth-order valence-electron chi connectivity index (χ4n) is 3.84. The van der Waals surface area contributed by atoms with Crippen LogP contribution in [0, 0.1) is 0 Å². The van der Waals surface area contributed by atoms with Crippen molar-refractivity contribution in [1.29, 1.82) is 0 Å². The number of methoxy groups -OCH3 is 1. The molecule has 2 N–H and O–H groups in total. The Morgan fingerprint density at radius 3 is 2.24 bits per heavy atom. The summed E-state index contributed by atoms with van der Waals surface area (Å²) in [4.78, 5) is 25.1. The van der Waals surface area contributed by atoms with Crippen molar-refractivity contribution in [3.63, 3.8) is 0 Å². The summed E-state index contributed by atoms with van der Waals surface area (Å²) in [5.74, 6) is 0.228. The highest BCUT2D eigenvalue weighted by Crippen LogP contribution is 2.32. The minimum atomic E-state index is -0.645. The summed E-state index contributed by atoms with van der Waals surface area (Å²) >= 11 is 0. The molecule has 2 amide bonds. The molecule has 0 aromatic heterocycles. The van der Waals surface area contributed by atoms with Crippen molar-refractivity contribution in [2.75, 3.05) is 13.7 Å². The maximum absolute atomic E-state index is 12.7. The highest BCUT2D eigenvalue weighted by Gasteiger charge is 2.34. The molecule has 3 aromatic rings. The van der Waals surface area contributed by atoms with Gasteiger partial charge in [-0.05, 0) is 41.7 Å². The van der Waals surface area contributed by atoms with E-state index in [9.17, 15) is 9.59 Å². The number of hydrogen-bond acceptors (Lipinski definition) is 4. The smallest absolute Gasteiger partial charge is 0.338 e. The number of aryl methyl sites for hydroxylation is 1. The Morgan fingerprint density at radius 1 is 0.909 bits per heavy atom. The molecular weight excluding hydrogens is 416 g/mol. The van der Waals surface area contributed by atoms with Gasteiger partial charge in [-0.1, -0.05) is 72.8 Å². The van der Waals surface area contributed by atoms with Gasteiger partial charge in [0.25, 0.3) is 0 Å². The van der Waals surface area contributed by atoms with Crippen LogP contribution in [0.2, 0.25) is 0 Å². The van der Waals surface area contributed by atoms with Gasteiger partial charge in [0.05, 0.1) is 31.0 Å². The van der Waals surface area contributed by atoms with E-state index in [-0.39, 0.29) is 6.03 Å². The lowest BCUT2D eigenvalue weighted by Gasteiger charge is -2.29. The van der Waals surface area contributed by atoms with Gasteiger partial charge in [0.1, 0.15) is 5.75 Å². The number of rotatable bonds is 8. The summed E-state index contributed by atoms with van der Waals surface area (Å²) in [6.07, 6.45) is 1.86. The van der Waals surface area contributed by atoms with Crippen LogP contribution in [-0.4, -0.2) is 25.7 Å². The zero-order chi connectivity index (χ0) is 23.0. The fraction of sp³-hybridized carbons (Fsp3) is 0.185. The van der Waals surface area contributed by atoms with Crippen molar-refractivity contribution < 1.29 is 19.1 Å². The van der Waals surface area contributed by atoms with E-state index in [4.69, 9.17) is 9.47 Å².